The van der Waals surface area contributed by atoms with E-state index in [1.54, 1.807) is 13.8 Å². The van der Waals surface area contributed by atoms with Crippen LogP contribution < -0.4 is 0 Å². The predicted molar refractivity (Wildman–Crippen MR) is 44.8 cm³/mol. The van der Waals surface area contributed by atoms with Gasteiger partial charge in [-0.1, -0.05) is 13.3 Å². The molecule has 0 saturated carbocycles. The highest BCUT2D eigenvalue weighted by Gasteiger charge is 2.58. The lowest BCUT2D eigenvalue weighted by Gasteiger charge is -2.04. The molecule has 3 heteroatoms. The third-order valence-corrected chi connectivity index (χ3v) is 2.18. The standard InChI is InChI=1S/C9H16O3/c1-4-6-7-9(3,12-7)8(10)11-5-2/h7H,4-6H2,1-3H3/t7-,9-/m1/s1. The van der Waals surface area contributed by atoms with Crippen LogP contribution in [0.15, 0.2) is 0 Å². The van der Waals surface area contributed by atoms with Crippen LogP contribution in [0.25, 0.3) is 0 Å². The van der Waals surface area contributed by atoms with Crippen LogP contribution in [-0.4, -0.2) is 24.3 Å². The van der Waals surface area contributed by atoms with Gasteiger partial charge < -0.3 is 9.47 Å². The zero-order chi connectivity index (χ0) is 9.19. The molecule has 1 rings (SSSR count). The highest BCUT2D eigenvalue weighted by atomic mass is 16.7. The van der Waals surface area contributed by atoms with Crippen molar-refractivity contribution in [1.29, 1.82) is 0 Å². The topological polar surface area (TPSA) is 38.8 Å². The van der Waals surface area contributed by atoms with E-state index in [1.807, 2.05) is 0 Å². The van der Waals surface area contributed by atoms with Gasteiger partial charge in [-0.05, 0) is 20.3 Å². The lowest BCUT2D eigenvalue weighted by atomic mass is 10.1. The van der Waals surface area contributed by atoms with Gasteiger partial charge in [-0.25, -0.2) is 4.79 Å². The van der Waals surface area contributed by atoms with Crippen LogP contribution in [0.1, 0.15) is 33.6 Å². The molecule has 0 radical (unpaired) electrons. The van der Waals surface area contributed by atoms with E-state index in [-0.39, 0.29) is 12.1 Å². The average molecular weight is 172 g/mol. The van der Waals surface area contributed by atoms with Gasteiger partial charge in [-0.3, -0.25) is 0 Å². The molecule has 1 saturated heterocycles. The summed E-state index contributed by atoms with van der Waals surface area (Å²) in [5.74, 6) is -0.219. The molecule has 0 aromatic heterocycles. The van der Waals surface area contributed by atoms with E-state index >= 15 is 0 Å². The van der Waals surface area contributed by atoms with Crippen LogP contribution in [0.4, 0.5) is 0 Å². The SMILES string of the molecule is CCC[C@H]1O[C@@]1(C)C(=O)OCC. The van der Waals surface area contributed by atoms with Crippen molar-refractivity contribution >= 4 is 5.97 Å². The Morgan fingerprint density at radius 3 is 2.75 bits per heavy atom. The minimum atomic E-state index is -0.633. The third kappa shape index (κ3) is 1.61. The molecule has 1 aliphatic rings. The molecule has 70 valence electrons. The van der Waals surface area contributed by atoms with Gasteiger partial charge in [-0.2, -0.15) is 0 Å². The molecule has 0 aliphatic carbocycles. The molecular formula is C9H16O3. The average Bonchev–Trinajstić information content (AvgIpc) is 2.65. The molecule has 3 nitrogen and oxygen atoms in total. The first-order valence-corrected chi connectivity index (χ1v) is 4.50. The second-order valence-electron chi connectivity index (χ2n) is 3.22. The fraction of sp³-hybridized carbons (Fsp3) is 0.889. The normalized spacial score (nSPS) is 33.1. The van der Waals surface area contributed by atoms with Crippen molar-refractivity contribution in [3.8, 4) is 0 Å². The Bertz CT molecular complexity index is 179. The Morgan fingerprint density at radius 1 is 1.58 bits per heavy atom. The second kappa shape index (κ2) is 3.44. The van der Waals surface area contributed by atoms with Crippen LogP contribution in [0.3, 0.4) is 0 Å². The largest absolute Gasteiger partial charge is 0.464 e. The van der Waals surface area contributed by atoms with Crippen LogP contribution >= 0.6 is 0 Å². The zero-order valence-electron chi connectivity index (χ0n) is 7.92. The number of carbonyl (C=O) groups excluding carboxylic acids is 1. The smallest absolute Gasteiger partial charge is 0.340 e. The number of hydrogen-bond acceptors (Lipinski definition) is 3. The van der Waals surface area contributed by atoms with Gasteiger partial charge >= 0.3 is 5.97 Å². The molecule has 0 amide bonds. The van der Waals surface area contributed by atoms with Gasteiger partial charge in [0, 0.05) is 0 Å². The highest BCUT2D eigenvalue weighted by Crippen LogP contribution is 2.40. The minimum Gasteiger partial charge on any atom is -0.464 e. The first-order valence-electron chi connectivity index (χ1n) is 4.50. The first-order chi connectivity index (χ1) is 5.65. The highest BCUT2D eigenvalue weighted by molar-refractivity contribution is 5.82. The summed E-state index contributed by atoms with van der Waals surface area (Å²) in [5.41, 5.74) is -0.633. The van der Waals surface area contributed by atoms with Crippen molar-refractivity contribution in [2.45, 2.75) is 45.3 Å². The van der Waals surface area contributed by atoms with E-state index in [0.29, 0.717) is 6.61 Å². The van der Waals surface area contributed by atoms with Crippen LogP contribution in [-0.2, 0) is 14.3 Å². The molecule has 0 N–H and O–H groups in total. The van der Waals surface area contributed by atoms with E-state index in [2.05, 4.69) is 6.92 Å². The van der Waals surface area contributed by atoms with Gasteiger partial charge in [0.25, 0.3) is 0 Å². The Hall–Kier alpha value is -0.570. The fourth-order valence-corrected chi connectivity index (χ4v) is 1.31. The summed E-state index contributed by atoms with van der Waals surface area (Å²) in [6.07, 6.45) is 2.07. The van der Waals surface area contributed by atoms with Crippen LogP contribution in [0.2, 0.25) is 0 Å². The van der Waals surface area contributed by atoms with Crippen LogP contribution in [0, 0.1) is 0 Å². The lowest BCUT2D eigenvalue weighted by Crippen LogP contribution is -2.26. The number of ether oxygens (including phenoxy) is 2. The Kier molecular flexibility index (Phi) is 2.73. The predicted octanol–water partition coefficient (Wildman–Crippen LogP) is 1.51. The van der Waals surface area contributed by atoms with Crippen molar-refractivity contribution < 1.29 is 14.3 Å². The molecule has 1 heterocycles. The number of carbonyl (C=O) groups is 1. The summed E-state index contributed by atoms with van der Waals surface area (Å²) in [6.45, 7) is 6.10. The van der Waals surface area contributed by atoms with E-state index in [0.717, 1.165) is 12.8 Å². The van der Waals surface area contributed by atoms with Crippen LogP contribution in [0.5, 0.6) is 0 Å². The number of esters is 1. The minimum absolute atomic E-state index is 0.0848. The molecule has 1 aliphatic heterocycles. The van der Waals surface area contributed by atoms with Gasteiger partial charge in [0.15, 0.2) is 5.60 Å². The summed E-state index contributed by atoms with van der Waals surface area (Å²) < 4.78 is 10.2. The summed E-state index contributed by atoms with van der Waals surface area (Å²) in [4.78, 5) is 11.3. The van der Waals surface area contributed by atoms with Crippen molar-refractivity contribution in [3.63, 3.8) is 0 Å². The number of epoxide rings is 1. The Labute approximate surface area is 73.0 Å². The molecule has 12 heavy (non-hydrogen) atoms. The Morgan fingerprint density at radius 2 is 2.25 bits per heavy atom. The zero-order valence-corrected chi connectivity index (χ0v) is 7.92. The summed E-state index contributed by atoms with van der Waals surface area (Å²) in [7, 11) is 0. The van der Waals surface area contributed by atoms with Crippen molar-refractivity contribution in [2.75, 3.05) is 6.61 Å². The summed E-state index contributed by atoms with van der Waals surface area (Å²) >= 11 is 0. The third-order valence-electron chi connectivity index (χ3n) is 2.18. The van der Waals surface area contributed by atoms with Gasteiger partial charge in [0.05, 0.1) is 12.7 Å². The number of rotatable bonds is 4. The molecule has 2 atom stereocenters. The molecule has 0 unspecified atom stereocenters. The van der Waals surface area contributed by atoms with Crippen molar-refractivity contribution in [3.05, 3.63) is 0 Å². The number of hydrogen-bond donors (Lipinski definition) is 0. The molecule has 0 aromatic rings. The molecule has 0 bridgehead atoms. The monoisotopic (exact) mass is 172 g/mol. The maximum atomic E-state index is 11.3. The maximum absolute atomic E-state index is 11.3. The molecule has 0 spiro atoms. The van der Waals surface area contributed by atoms with E-state index in [1.165, 1.54) is 0 Å². The molecular weight excluding hydrogens is 156 g/mol. The van der Waals surface area contributed by atoms with Gasteiger partial charge in [0.1, 0.15) is 0 Å². The quantitative estimate of drug-likeness (QED) is 0.476. The van der Waals surface area contributed by atoms with Gasteiger partial charge in [0.2, 0.25) is 0 Å². The molecule has 0 aromatic carbocycles. The van der Waals surface area contributed by atoms with E-state index < -0.39 is 5.60 Å². The summed E-state index contributed by atoms with van der Waals surface area (Å²) in [5, 5.41) is 0. The van der Waals surface area contributed by atoms with E-state index in [9.17, 15) is 4.79 Å². The lowest BCUT2D eigenvalue weighted by molar-refractivity contribution is -0.148. The first kappa shape index (κ1) is 9.52. The Balaban J connectivity index is 2.38. The maximum Gasteiger partial charge on any atom is 0.340 e. The fourth-order valence-electron chi connectivity index (χ4n) is 1.31. The van der Waals surface area contributed by atoms with Crippen molar-refractivity contribution in [2.24, 2.45) is 0 Å². The summed E-state index contributed by atoms with van der Waals surface area (Å²) in [6, 6.07) is 0. The molecule has 1 fully saturated rings. The van der Waals surface area contributed by atoms with E-state index in [4.69, 9.17) is 9.47 Å². The van der Waals surface area contributed by atoms with Gasteiger partial charge in [-0.15, -0.1) is 0 Å². The second-order valence-corrected chi connectivity index (χ2v) is 3.22. The van der Waals surface area contributed by atoms with Crippen molar-refractivity contribution in [1.82, 2.24) is 0 Å².